The maximum Gasteiger partial charge on any atom is 0.0771 e. The fourth-order valence-corrected chi connectivity index (χ4v) is 2.65. The number of thioether (sulfide) groups is 1. The number of aromatic nitrogens is 2. The standard InChI is InChI=1S/C13H23N3OS/c1-18-8-3-2-6-14-12-9-15-16(10-12)11-13-5-4-7-17-13/h9-10,13-14H,2-8,11H2,1H3. The van der Waals surface area contributed by atoms with Gasteiger partial charge >= 0.3 is 0 Å². The highest BCUT2D eigenvalue weighted by Crippen LogP contribution is 2.15. The van der Waals surface area contributed by atoms with Gasteiger partial charge in [-0.15, -0.1) is 0 Å². The first-order chi connectivity index (χ1) is 8.88. The van der Waals surface area contributed by atoms with Crippen LogP contribution in [0.5, 0.6) is 0 Å². The van der Waals surface area contributed by atoms with Gasteiger partial charge in [0.25, 0.3) is 0 Å². The Hall–Kier alpha value is -0.680. The molecule has 1 saturated heterocycles. The van der Waals surface area contributed by atoms with Gasteiger partial charge < -0.3 is 10.1 Å². The topological polar surface area (TPSA) is 39.1 Å². The van der Waals surface area contributed by atoms with Gasteiger partial charge in [0.2, 0.25) is 0 Å². The van der Waals surface area contributed by atoms with Crippen LogP contribution in [-0.2, 0) is 11.3 Å². The number of unbranched alkanes of at least 4 members (excludes halogenated alkanes) is 1. The smallest absolute Gasteiger partial charge is 0.0771 e. The Labute approximate surface area is 113 Å². The van der Waals surface area contributed by atoms with Crippen LogP contribution >= 0.6 is 11.8 Å². The van der Waals surface area contributed by atoms with Crippen LogP contribution in [0.2, 0.25) is 0 Å². The summed E-state index contributed by atoms with van der Waals surface area (Å²) in [6.45, 7) is 2.83. The van der Waals surface area contributed by atoms with Crippen molar-refractivity contribution in [3.8, 4) is 0 Å². The molecule has 0 amide bonds. The average molecular weight is 269 g/mol. The third kappa shape index (κ3) is 4.53. The average Bonchev–Trinajstić information content (AvgIpc) is 3.02. The second-order valence-electron chi connectivity index (χ2n) is 4.71. The van der Waals surface area contributed by atoms with Crippen LogP contribution in [0.25, 0.3) is 0 Å². The Bertz CT molecular complexity index is 337. The van der Waals surface area contributed by atoms with Crippen LogP contribution in [0.3, 0.4) is 0 Å². The lowest BCUT2D eigenvalue weighted by atomic mass is 10.2. The molecule has 1 N–H and O–H groups in total. The van der Waals surface area contributed by atoms with Crippen LogP contribution in [0.1, 0.15) is 25.7 Å². The molecule has 102 valence electrons. The van der Waals surface area contributed by atoms with Crippen molar-refractivity contribution in [2.45, 2.75) is 38.3 Å². The minimum Gasteiger partial charge on any atom is -0.383 e. The van der Waals surface area contributed by atoms with Gasteiger partial charge in [0.05, 0.1) is 24.5 Å². The molecular formula is C13H23N3OS. The van der Waals surface area contributed by atoms with Crippen LogP contribution in [0.15, 0.2) is 12.4 Å². The zero-order valence-corrected chi connectivity index (χ0v) is 11.9. The third-order valence-corrected chi connectivity index (χ3v) is 3.85. The molecule has 0 radical (unpaired) electrons. The normalized spacial score (nSPS) is 19.3. The number of ether oxygens (including phenoxy) is 1. The van der Waals surface area contributed by atoms with Crippen molar-refractivity contribution in [2.75, 3.05) is 30.5 Å². The third-order valence-electron chi connectivity index (χ3n) is 3.15. The molecule has 2 heterocycles. The van der Waals surface area contributed by atoms with Crippen molar-refractivity contribution in [3.63, 3.8) is 0 Å². The van der Waals surface area contributed by atoms with E-state index in [0.717, 1.165) is 31.8 Å². The summed E-state index contributed by atoms with van der Waals surface area (Å²) in [5.74, 6) is 1.25. The molecule has 4 nitrogen and oxygen atoms in total. The fourth-order valence-electron chi connectivity index (χ4n) is 2.16. The van der Waals surface area contributed by atoms with Crippen LogP contribution in [0.4, 0.5) is 5.69 Å². The van der Waals surface area contributed by atoms with Gasteiger partial charge in [0.1, 0.15) is 0 Å². The molecular weight excluding hydrogens is 246 g/mol. The van der Waals surface area contributed by atoms with E-state index in [1.54, 1.807) is 0 Å². The summed E-state index contributed by atoms with van der Waals surface area (Å²) in [6.07, 6.45) is 11.3. The van der Waals surface area contributed by atoms with E-state index >= 15 is 0 Å². The van der Waals surface area contributed by atoms with E-state index in [9.17, 15) is 0 Å². The van der Waals surface area contributed by atoms with Crippen molar-refractivity contribution >= 4 is 17.4 Å². The van der Waals surface area contributed by atoms with E-state index in [-0.39, 0.29) is 0 Å². The first-order valence-corrected chi connectivity index (χ1v) is 8.15. The summed E-state index contributed by atoms with van der Waals surface area (Å²) in [6, 6.07) is 0. The minimum atomic E-state index is 0.360. The second kappa shape index (κ2) is 7.69. The number of anilines is 1. The van der Waals surface area contributed by atoms with Gasteiger partial charge in [-0.25, -0.2) is 0 Å². The molecule has 0 aromatic carbocycles. The molecule has 1 aromatic rings. The molecule has 1 fully saturated rings. The fraction of sp³-hybridized carbons (Fsp3) is 0.769. The maximum absolute atomic E-state index is 5.61. The molecule has 0 spiro atoms. The molecule has 0 saturated carbocycles. The van der Waals surface area contributed by atoms with Crippen molar-refractivity contribution < 1.29 is 4.74 Å². The summed E-state index contributed by atoms with van der Waals surface area (Å²) >= 11 is 1.91. The molecule has 1 aliphatic rings. The number of nitrogens with zero attached hydrogens (tertiary/aromatic N) is 2. The van der Waals surface area contributed by atoms with Gasteiger partial charge in [-0.05, 0) is 37.7 Å². The Balaban J connectivity index is 1.65. The monoisotopic (exact) mass is 269 g/mol. The summed E-state index contributed by atoms with van der Waals surface area (Å²) in [5.41, 5.74) is 1.12. The van der Waals surface area contributed by atoms with Gasteiger partial charge in [0, 0.05) is 19.3 Å². The molecule has 1 atom stereocenters. The van der Waals surface area contributed by atoms with Crippen molar-refractivity contribution in [3.05, 3.63) is 12.4 Å². The van der Waals surface area contributed by atoms with E-state index in [4.69, 9.17) is 4.74 Å². The van der Waals surface area contributed by atoms with Crippen LogP contribution in [-0.4, -0.2) is 41.0 Å². The highest BCUT2D eigenvalue weighted by Gasteiger charge is 2.16. The number of hydrogen-bond donors (Lipinski definition) is 1. The predicted octanol–water partition coefficient (Wildman–Crippen LogP) is 2.62. The highest BCUT2D eigenvalue weighted by molar-refractivity contribution is 7.98. The first-order valence-electron chi connectivity index (χ1n) is 6.75. The van der Waals surface area contributed by atoms with E-state index in [0.29, 0.717) is 6.10 Å². The second-order valence-corrected chi connectivity index (χ2v) is 5.70. The Morgan fingerprint density at radius 2 is 2.50 bits per heavy atom. The largest absolute Gasteiger partial charge is 0.383 e. The predicted molar refractivity (Wildman–Crippen MR) is 77.3 cm³/mol. The zero-order valence-electron chi connectivity index (χ0n) is 11.1. The molecule has 1 aliphatic heterocycles. The summed E-state index contributed by atoms with van der Waals surface area (Å²) in [5, 5.41) is 7.78. The Morgan fingerprint density at radius 1 is 1.56 bits per heavy atom. The van der Waals surface area contributed by atoms with Crippen molar-refractivity contribution in [1.82, 2.24) is 9.78 Å². The summed E-state index contributed by atoms with van der Waals surface area (Å²) in [7, 11) is 0. The van der Waals surface area contributed by atoms with Gasteiger partial charge in [0.15, 0.2) is 0 Å². The van der Waals surface area contributed by atoms with Gasteiger partial charge in [-0.3, -0.25) is 4.68 Å². The van der Waals surface area contributed by atoms with Gasteiger partial charge in [-0.2, -0.15) is 16.9 Å². The Kier molecular flexibility index (Phi) is 5.87. The summed E-state index contributed by atoms with van der Waals surface area (Å²) < 4.78 is 7.59. The molecule has 5 heteroatoms. The van der Waals surface area contributed by atoms with Crippen LogP contribution < -0.4 is 5.32 Å². The zero-order chi connectivity index (χ0) is 12.6. The van der Waals surface area contributed by atoms with Crippen molar-refractivity contribution in [2.24, 2.45) is 0 Å². The quantitative estimate of drug-likeness (QED) is 0.736. The van der Waals surface area contributed by atoms with Crippen molar-refractivity contribution in [1.29, 1.82) is 0 Å². The number of hydrogen-bond acceptors (Lipinski definition) is 4. The van der Waals surface area contributed by atoms with Crippen LogP contribution in [0, 0.1) is 0 Å². The summed E-state index contributed by atoms with van der Waals surface area (Å²) in [4.78, 5) is 0. The lowest BCUT2D eigenvalue weighted by molar-refractivity contribution is 0.0940. The maximum atomic E-state index is 5.61. The molecule has 1 aromatic heterocycles. The van der Waals surface area contributed by atoms with Gasteiger partial charge in [-0.1, -0.05) is 0 Å². The molecule has 2 rings (SSSR count). The van der Waals surface area contributed by atoms with E-state index in [1.807, 2.05) is 22.6 Å². The Morgan fingerprint density at radius 3 is 3.28 bits per heavy atom. The molecule has 0 aliphatic carbocycles. The number of rotatable bonds is 8. The molecule has 18 heavy (non-hydrogen) atoms. The lowest BCUT2D eigenvalue weighted by Crippen LogP contribution is -2.15. The molecule has 0 bridgehead atoms. The first kappa shape index (κ1) is 13.7. The van der Waals surface area contributed by atoms with E-state index < -0.39 is 0 Å². The SMILES string of the molecule is CSCCCCNc1cnn(CC2CCCO2)c1. The van der Waals surface area contributed by atoms with E-state index in [1.165, 1.54) is 25.0 Å². The number of nitrogens with one attached hydrogen (secondary N) is 1. The van der Waals surface area contributed by atoms with E-state index in [2.05, 4.69) is 22.9 Å². The highest BCUT2D eigenvalue weighted by atomic mass is 32.2. The lowest BCUT2D eigenvalue weighted by Gasteiger charge is -2.08. The molecule has 1 unspecified atom stereocenters. The minimum absolute atomic E-state index is 0.360.